The third kappa shape index (κ3) is 15.7. The molecule has 0 aromatic heterocycles. The number of hydrogen-bond donors (Lipinski definition) is 9. The van der Waals surface area contributed by atoms with Crippen LogP contribution in [-0.2, 0) is 87.2 Å². The average molecular weight is 1200 g/mol. The summed E-state index contributed by atoms with van der Waals surface area (Å²) in [6.07, 6.45) is -23.1. The van der Waals surface area contributed by atoms with E-state index < -0.39 is 170 Å². The second kappa shape index (κ2) is 28.2. The number of aromatic hydroxyl groups is 2. The Morgan fingerprint density at radius 2 is 1.24 bits per heavy atom. The van der Waals surface area contributed by atoms with Gasteiger partial charge in [0.1, 0.15) is 59.5 Å². The van der Waals surface area contributed by atoms with Crippen molar-refractivity contribution in [2.45, 2.75) is 255 Å². The van der Waals surface area contributed by atoms with Gasteiger partial charge in [0.2, 0.25) is 0 Å². The largest absolute Gasteiger partial charge is 0.507 e. The molecule has 0 radical (unpaired) electrons. The van der Waals surface area contributed by atoms with Gasteiger partial charge in [-0.1, -0.05) is 6.07 Å². The number of benzene rings is 2. The number of aliphatic hydroxyl groups excluding tert-OH is 6. The van der Waals surface area contributed by atoms with Gasteiger partial charge in [-0.3, -0.25) is 14.4 Å². The lowest BCUT2D eigenvalue weighted by atomic mass is 9.83. The van der Waals surface area contributed by atoms with E-state index in [4.69, 9.17) is 66.3 Å². The molecule has 6 heterocycles. The van der Waals surface area contributed by atoms with Crippen molar-refractivity contribution in [2.24, 2.45) is 5.92 Å². The Kier molecular flexibility index (Phi) is 22.6. The highest BCUT2D eigenvalue weighted by Crippen LogP contribution is 2.44. The smallest absolute Gasteiger partial charge is 0.341 e. The molecule has 6 aliphatic heterocycles. The van der Waals surface area contributed by atoms with Gasteiger partial charge in [0.05, 0.1) is 60.3 Å². The highest BCUT2D eigenvalue weighted by Gasteiger charge is 2.51. The molecule has 0 aliphatic carbocycles. The molecule has 27 nitrogen and oxygen atoms in total. The van der Waals surface area contributed by atoms with E-state index in [9.17, 15) is 65.1 Å². The number of Topliss-reactive ketones (excluding diaryl/α,β-unsaturated/α-hetero) is 1. The fourth-order valence-electron chi connectivity index (χ4n) is 11.9. The van der Waals surface area contributed by atoms with E-state index in [2.05, 4.69) is 0 Å². The van der Waals surface area contributed by atoms with Crippen LogP contribution in [0.5, 0.6) is 17.2 Å². The number of ether oxygens (including phenoxy) is 14. The van der Waals surface area contributed by atoms with Crippen molar-refractivity contribution >= 4 is 34.5 Å². The lowest BCUT2D eigenvalue weighted by molar-refractivity contribution is -0.335. The normalized spacial score (nSPS) is 39.3. The fourth-order valence-corrected chi connectivity index (χ4v) is 11.9. The molecule has 25 atom stereocenters. The summed E-state index contributed by atoms with van der Waals surface area (Å²) in [6, 6.07) is 4.47. The van der Waals surface area contributed by atoms with Gasteiger partial charge in [-0.2, -0.15) is 0 Å². The molecule has 27 heteroatoms. The Morgan fingerprint density at radius 1 is 0.690 bits per heavy atom. The predicted molar refractivity (Wildman–Crippen MR) is 285 cm³/mol. The molecule has 474 valence electrons. The standard InChI is InChI=1S/C42H58O19.C15H26O8/c1-16-26-12-23-9-22(11-25(45)32(23)33(16)46)10-24(38(53-8)37(50)34(47)17(2)43)39(41(51)60-26)61-30-14-27(35(48)19(4)55-30)58-29-13-28(36(49)18(3)54-29)59-31-15-42(7,52)40(20(5)56-31)57-21(6)44;1-7-14(19-4)10(17)5-13(21-7)23-11-6-12(18)20-8(2)15(11)22-9(3)16/h9,11-12,17-20,24,27-31,34-36,38-40,43,45-49,52H,10,13-15H2,1-8H3;7-8,10-15,17-18H,5-6H2,1-4H3/t17-,18-,19-,20+,24+,27-,28-,29+,30+,31+,34+,35-,36-,38+,39+,40+,42+;7-,8-,10-,11-,12-,13-,14+,15+/m11/s1. The molecule has 84 heavy (non-hydrogen) atoms. The topological polar surface area (TPSA) is 380 Å². The number of carbonyl (C=O) groups is 4. The number of aliphatic hydroxyl groups is 7. The molecule has 2 aromatic carbocycles. The summed E-state index contributed by atoms with van der Waals surface area (Å²) in [6.45, 7) is 15.0. The summed E-state index contributed by atoms with van der Waals surface area (Å²) in [5.74, 6) is -4.98. The van der Waals surface area contributed by atoms with E-state index in [-0.39, 0.29) is 72.8 Å². The van der Waals surface area contributed by atoms with Crippen molar-refractivity contribution < 1.29 is 131 Å². The van der Waals surface area contributed by atoms with Crippen LogP contribution in [0.15, 0.2) is 18.2 Å². The number of rotatable bonds is 16. The van der Waals surface area contributed by atoms with Gasteiger partial charge in [-0.05, 0) is 84.9 Å². The number of hydrogen-bond acceptors (Lipinski definition) is 27. The van der Waals surface area contributed by atoms with Crippen molar-refractivity contribution in [1.82, 2.24) is 0 Å². The Labute approximate surface area is 486 Å². The first kappa shape index (κ1) is 67.2. The van der Waals surface area contributed by atoms with Crippen molar-refractivity contribution in [2.75, 3.05) is 14.2 Å². The SMILES string of the molecule is CO[C@@H]1[C@H](O)C[C@@H](O[C@@H]2C[C@H](O)O[C@H](C)[C@@H]2OC(C)=O)O[C@@H]1C.CO[C@H](C(=O)[C@@H](O)[C@@H](C)O)[C@@H]1Cc2cc(O)c3c(O)c(C)c(cc3c2)OC(=O)[C@H]1O[C@H]1C[C@@H](O[C@H]2C[C@@H](O[C@H]3C[C@](C)(O)[C@@H](OC(C)=O)[C@H](C)O3)[C@H](O)[C@@H](C)O2)[C@H](O)[C@@H](C)O1. The summed E-state index contributed by atoms with van der Waals surface area (Å²) < 4.78 is 80.9. The molecule has 0 amide bonds. The zero-order valence-corrected chi connectivity index (χ0v) is 49.2. The van der Waals surface area contributed by atoms with Gasteiger partial charge < -0.3 is 112 Å². The maximum atomic E-state index is 14.3. The molecule has 6 aliphatic rings. The summed E-state index contributed by atoms with van der Waals surface area (Å²) in [7, 11) is 2.70. The van der Waals surface area contributed by atoms with Crippen molar-refractivity contribution in [3.8, 4) is 17.2 Å². The van der Waals surface area contributed by atoms with Crippen LogP contribution >= 0.6 is 0 Å². The van der Waals surface area contributed by atoms with Gasteiger partial charge in [0.25, 0.3) is 0 Å². The molecule has 9 N–H and O–H groups in total. The van der Waals surface area contributed by atoms with Crippen molar-refractivity contribution in [1.29, 1.82) is 0 Å². The lowest BCUT2D eigenvalue weighted by Crippen LogP contribution is -2.59. The van der Waals surface area contributed by atoms with E-state index in [1.54, 1.807) is 40.7 Å². The minimum absolute atomic E-state index is 0.0536. The Bertz CT molecular complexity index is 2570. The summed E-state index contributed by atoms with van der Waals surface area (Å²) in [4.78, 5) is 50.9. The first-order valence-corrected chi connectivity index (χ1v) is 28.2. The van der Waals surface area contributed by atoms with Crippen LogP contribution in [0.4, 0.5) is 0 Å². The second-order valence-electron chi connectivity index (χ2n) is 22.9. The van der Waals surface area contributed by atoms with Crippen LogP contribution in [0.3, 0.4) is 0 Å². The first-order chi connectivity index (χ1) is 39.4. The van der Waals surface area contributed by atoms with Gasteiger partial charge in [0.15, 0.2) is 55.5 Å². The second-order valence-corrected chi connectivity index (χ2v) is 22.9. The minimum Gasteiger partial charge on any atom is -0.507 e. The average Bonchev–Trinajstić information content (AvgIpc) is 1.85. The van der Waals surface area contributed by atoms with Crippen molar-refractivity contribution in [3.05, 3.63) is 29.3 Å². The highest BCUT2D eigenvalue weighted by atomic mass is 16.7. The van der Waals surface area contributed by atoms with Crippen LogP contribution in [0, 0.1) is 12.8 Å². The van der Waals surface area contributed by atoms with E-state index in [1.807, 2.05) is 0 Å². The number of carbonyl (C=O) groups excluding carboxylic acids is 4. The lowest BCUT2D eigenvalue weighted by Gasteiger charge is -2.46. The van der Waals surface area contributed by atoms with Crippen LogP contribution in [-0.4, -0.2) is 231 Å². The number of methoxy groups -OCH3 is 2. The van der Waals surface area contributed by atoms with Crippen LogP contribution in [0.2, 0.25) is 0 Å². The Morgan fingerprint density at radius 3 is 1.80 bits per heavy atom. The van der Waals surface area contributed by atoms with Crippen LogP contribution in [0.1, 0.15) is 106 Å². The number of esters is 3. The van der Waals surface area contributed by atoms with E-state index in [1.165, 1.54) is 61.0 Å². The zero-order chi connectivity index (χ0) is 62.0. The quantitative estimate of drug-likeness (QED) is 0.0831. The third-order valence-electron chi connectivity index (χ3n) is 16.1. The molecule has 5 saturated heterocycles. The van der Waals surface area contributed by atoms with Crippen molar-refractivity contribution in [3.63, 3.8) is 0 Å². The fraction of sp³-hybridized carbons (Fsp3) is 0.754. The number of fused-ring (bicyclic) bond motifs is 2. The molecular formula is C57H84O27. The molecule has 0 unspecified atom stereocenters. The van der Waals surface area contributed by atoms with Crippen LogP contribution in [0.25, 0.3) is 10.8 Å². The highest BCUT2D eigenvalue weighted by molar-refractivity contribution is 5.97. The third-order valence-corrected chi connectivity index (χ3v) is 16.1. The summed E-state index contributed by atoms with van der Waals surface area (Å²) in [5.41, 5.74) is -0.999. The molecule has 0 spiro atoms. The van der Waals surface area contributed by atoms with E-state index in [0.717, 1.165) is 0 Å². The number of phenols is 2. The van der Waals surface area contributed by atoms with Crippen LogP contribution < -0.4 is 4.74 Å². The number of ketones is 1. The first-order valence-electron chi connectivity index (χ1n) is 28.2. The molecule has 0 saturated carbocycles. The van der Waals surface area contributed by atoms with Gasteiger partial charge in [-0.25, -0.2) is 4.79 Å². The molecular weight excluding hydrogens is 1120 g/mol. The maximum Gasteiger partial charge on any atom is 0.341 e. The summed E-state index contributed by atoms with van der Waals surface area (Å²) >= 11 is 0. The predicted octanol–water partition coefficient (Wildman–Crippen LogP) is 0.869. The Balaban J connectivity index is 0.000000367. The minimum atomic E-state index is -1.91. The van der Waals surface area contributed by atoms with E-state index >= 15 is 0 Å². The monoisotopic (exact) mass is 1200 g/mol. The Hall–Kier alpha value is -4.34. The van der Waals surface area contributed by atoms with Gasteiger partial charge >= 0.3 is 17.9 Å². The molecule has 3 bridgehead atoms. The zero-order valence-electron chi connectivity index (χ0n) is 49.2. The van der Waals surface area contributed by atoms with E-state index in [0.29, 0.717) is 10.9 Å². The van der Waals surface area contributed by atoms with Gasteiger partial charge in [-0.15, -0.1) is 0 Å². The molecule has 2 aromatic rings. The molecule has 8 rings (SSSR count). The summed E-state index contributed by atoms with van der Waals surface area (Å²) in [5, 5.41) is 96.7. The van der Waals surface area contributed by atoms with Gasteiger partial charge in [0, 0.05) is 71.7 Å². The molecule has 5 fully saturated rings. The number of phenolic OH excluding ortho intramolecular Hbond substituents is 2. The maximum absolute atomic E-state index is 14.3.